The van der Waals surface area contributed by atoms with Crippen molar-refractivity contribution >= 4 is 17.9 Å². The molecule has 1 atom stereocenters. The maximum absolute atomic E-state index is 12.2. The molecular formula is C22H22ClF3O5. The molecule has 0 saturated carbocycles. The third-order valence-electron chi connectivity index (χ3n) is 4.64. The van der Waals surface area contributed by atoms with Gasteiger partial charge in [0.1, 0.15) is 23.0 Å². The van der Waals surface area contributed by atoms with E-state index in [1.165, 1.54) is 18.2 Å². The topological polar surface area (TPSA) is 54.0 Å². The highest BCUT2D eigenvalue weighted by atomic mass is 35.5. The van der Waals surface area contributed by atoms with Crippen LogP contribution in [0.15, 0.2) is 36.4 Å². The molecule has 9 heteroatoms. The summed E-state index contributed by atoms with van der Waals surface area (Å²) in [4.78, 5) is 11.2. The predicted octanol–water partition coefficient (Wildman–Crippen LogP) is 5.41. The van der Waals surface area contributed by atoms with Crippen LogP contribution in [0.2, 0.25) is 5.02 Å². The molecule has 2 aromatic rings. The Kier molecular flexibility index (Phi) is 7.20. The van der Waals surface area contributed by atoms with Gasteiger partial charge in [0.2, 0.25) is 0 Å². The fraction of sp³-hybridized carbons (Fsp3) is 0.409. The Morgan fingerprint density at radius 3 is 2.52 bits per heavy atom. The Hall–Kier alpha value is -2.61. The van der Waals surface area contributed by atoms with Crippen molar-refractivity contribution in [1.82, 2.24) is 0 Å². The van der Waals surface area contributed by atoms with E-state index in [4.69, 9.17) is 25.8 Å². The van der Waals surface area contributed by atoms with Crippen LogP contribution in [-0.4, -0.2) is 37.9 Å². The minimum absolute atomic E-state index is 0.0123. The lowest BCUT2D eigenvalue weighted by molar-refractivity contribution is -0.153. The first-order chi connectivity index (χ1) is 14.7. The van der Waals surface area contributed by atoms with Crippen molar-refractivity contribution in [3.63, 3.8) is 0 Å². The average Bonchev–Trinajstić information content (AvgIpc) is 2.72. The predicted molar refractivity (Wildman–Crippen MR) is 108 cm³/mol. The molecule has 31 heavy (non-hydrogen) atoms. The molecule has 5 nitrogen and oxygen atoms in total. The second kappa shape index (κ2) is 9.68. The van der Waals surface area contributed by atoms with E-state index < -0.39 is 18.4 Å². The number of aldehydes is 1. The lowest BCUT2D eigenvalue weighted by Crippen LogP contribution is -2.37. The first-order valence-electron chi connectivity index (χ1n) is 9.70. The van der Waals surface area contributed by atoms with Gasteiger partial charge >= 0.3 is 6.18 Å². The summed E-state index contributed by atoms with van der Waals surface area (Å²) in [6.45, 7) is 1.04. The highest BCUT2D eigenvalue weighted by Gasteiger charge is 2.31. The lowest BCUT2D eigenvalue weighted by atomic mass is 9.94. The Labute approximate surface area is 183 Å². The summed E-state index contributed by atoms with van der Waals surface area (Å²) < 4.78 is 58.3. The molecule has 0 unspecified atom stereocenters. The molecule has 0 radical (unpaired) electrons. The molecule has 168 valence electrons. The van der Waals surface area contributed by atoms with Crippen molar-refractivity contribution in [2.24, 2.45) is 0 Å². The number of aryl methyl sites for hydroxylation is 1. The Morgan fingerprint density at radius 2 is 1.81 bits per heavy atom. The van der Waals surface area contributed by atoms with Crippen molar-refractivity contribution < 1.29 is 36.9 Å². The van der Waals surface area contributed by atoms with E-state index in [1.807, 2.05) is 12.1 Å². The van der Waals surface area contributed by atoms with E-state index in [2.05, 4.69) is 4.74 Å². The fourth-order valence-corrected chi connectivity index (χ4v) is 3.20. The van der Waals surface area contributed by atoms with Crippen molar-refractivity contribution in [2.75, 3.05) is 19.8 Å². The molecule has 0 N–H and O–H groups in total. The van der Waals surface area contributed by atoms with Gasteiger partial charge in [-0.15, -0.1) is 0 Å². The zero-order valence-corrected chi connectivity index (χ0v) is 17.6. The number of ether oxygens (including phenoxy) is 4. The zero-order chi connectivity index (χ0) is 22.5. The van der Waals surface area contributed by atoms with E-state index in [1.54, 1.807) is 13.0 Å². The van der Waals surface area contributed by atoms with Gasteiger partial charge in [-0.3, -0.25) is 4.79 Å². The van der Waals surface area contributed by atoms with Crippen molar-refractivity contribution in [3.05, 3.63) is 47.0 Å². The van der Waals surface area contributed by atoms with Crippen LogP contribution < -0.4 is 18.9 Å². The second-order valence-corrected chi connectivity index (χ2v) is 7.76. The molecule has 1 heterocycles. The summed E-state index contributed by atoms with van der Waals surface area (Å²) in [6, 6.07) is 9.65. The summed E-state index contributed by atoms with van der Waals surface area (Å²) in [5.41, 5.74) is 0.221. The highest BCUT2D eigenvalue weighted by molar-refractivity contribution is 6.32. The molecule has 0 fully saturated rings. The number of benzene rings is 2. The van der Waals surface area contributed by atoms with E-state index in [0.29, 0.717) is 43.3 Å². The second-order valence-electron chi connectivity index (χ2n) is 7.35. The quantitative estimate of drug-likeness (QED) is 0.371. The number of halogens is 4. The Balaban J connectivity index is 1.44. The molecule has 1 aliphatic rings. The molecule has 1 aliphatic heterocycles. The van der Waals surface area contributed by atoms with Gasteiger partial charge in [0, 0.05) is 18.6 Å². The van der Waals surface area contributed by atoms with Crippen molar-refractivity contribution in [1.29, 1.82) is 0 Å². The van der Waals surface area contributed by atoms with E-state index in [9.17, 15) is 18.0 Å². The SMILES string of the molecule is C[C@]1(C=O)CCc2ccc(OCCCOc3ccc(OCC(F)(F)F)cc3Cl)cc2O1. The van der Waals surface area contributed by atoms with Crippen molar-refractivity contribution in [3.8, 4) is 23.0 Å². The molecule has 0 spiro atoms. The molecular weight excluding hydrogens is 437 g/mol. The van der Waals surface area contributed by atoms with Crippen molar-refractivity contribution in [2.45, 2.75) is 38.0 Å². The minimum Gasteiger partial charge on any atom is -0.493 e. The van der Waals surface area contributed by atoms with Crippen LogP contribution in [0.4, 0.5) is 13.2 Å². The third-order valence-corrected chi connectivity index (χ3v) is 4.94. The van der Waals surface area contributed by atoms with Gasteiger partial charge in [-0.25, -0.2) is 0 Å². The number of carbonyl (C=O) groups excluding carboxylic acids is 1. The van der Waals surface area contributed by atoms with Crippen LogP contribution in [0.25, 0.3) is 0 Å². The number of hydrogen-bond acceptors (Lipinski definition) is 5. The minimum atomic E-state index is -4.42. The maximum Gasteiger partial charge on any atom is 0.422 e. The van der Waals surface area contributed by atoms with Crippen LogP contribution in [0.1, 0.15) is 25.3 Å². The van der Waals surface area contributed by atoms with Crippen LogP contribution in [0, 0.1) is 0 Å². The van der Waals surface area contributed by atoms with E-state index >= 15 is 0 Å². The molecule has 0 bridgehead atoms. The van der Waals surface area contributed by atoms with Gasteiger partial charge in [0.15, 0.2) is 18.5 Å². The molecule has 3 rings (SSSR count). The third kappa shape index (κ3) is 6.69. The average molecular weight is 459 g/mol. The van der Waals surface area contributed by atoms with E-state index in [0.717, 1.165) is 18.3 Å². The summed E-state index contributed by atoms with van der Waals surface area (Å²) in [5.74, 6) is 1.63. The lowest BCUT2D eigenvalue weighted by Gasteiger charge is -2.31. The smallest absolute Gasteiger partial charge is 0.422 e. The molecule has 0 aliphatic carbocycles. The van der Waals surface area contributed by atoms with Gasteiger partial charge in [-0.1, -0.05) is 17.7 Å². The molecule has 2 aromatic carbocycles. The highest BCUT2D eigenvalue weighted by Crippen LogP contribution is 2.35. The standard InChI is InChI=1S/C22H22ClF3O5/c1-21(13-27)8-7-15-3-4-17(12-20(15)31-21)28-9-2-10-29-19-6-5-16(11-18(19)23)30-14-22(24,25)26/h3-6,11-13H,2,7-10,14H2,1H3/t21-/m1/s1. The summed E-state index contributed by atoms with van der Waals surface area (Å²) in [7, 11) is 0. The first kappa shape index (κ1) is 23.1. The van der Waals surface area contributed by atoms with Crippen LogP contribution in [0.3, 0.4) is 0 Å². The van der Waals surface area contributed by atoms with Crippen LogP contribution in [0.5, 0.6) is 23.0 Å². The number of alkyl halides is 3. The van der Waals surface area contributed by atoms with Gasteiger partial charge in [0.25, 0.3) is 0 Å². The zero-order valence-electron chi connectivity index (χ0n) is 16.8. The fourth-order valence-electron chi connectivity index (χ4n) is 2.98. The Morgan fingerprint density at radius 1 is 1.10 bits per heavy atom. The van der Waals surface area contributed by atoms with Gasteiger partial charge in [-0.2, -0.15) is 13.2 Å². The summed E-state index contributed by atoms with van der Waals surface area (Å²) >= 11 is 6.03. The normalized spacial score (nSPS) is 18.0. The monoisotopic (exact) mass is 458 g/mol. The van der Waals surface area contributed by atoms with Gasteiger partial charge in [0.05, 0.1) is 18.2 Å². The van der Waals surface area contributed by atoms with Gasteiger partial charge in [-0.05, 0) is 43.5 Å². The van der Waals surface area contributed by atoms with Gasteiger partial charge < -0.3 is 18.9 Å². The number of fused-ring (bicyclic) bond motifs is 1. The number of carbonyl (C=O) groups is 1. The van der Waals surface area contributed by atoms with Crippen LogP contribution in [-0.2, 0) is 11.2 Å². The van der Waals surface area contributed by atoms with E-state index in [-0.39, 0.29) is 10.8 Å². The summed E-state index contributed by atoms with van der Waals surface area (Å²) in [5, 5.41) is 0.158. The van der Waals surface area contributed by atoms with Crippen LogP contribution >= 0.6 is 11.6 Å². The molecule has 0 amide bonds. The molecule has 0 saturated heterocycles. The Bertz CT molecular complexity index is 919. The summed E-state index contributed by atoms with van der Waals surface area (Å²) in [6.07, 6.45) is -1.65. The number of hydrogen-bond donors (Lipinski definition) is 0. The largest absolute Gasteiger partial charge is 0.493 e. The maximum atomic E-state index is 12.2. The first-order valence-corrected chi connectivity index (χ1v) is 10.1. The molecule has 0 aromatic heterocycles. The number of rotatable bonds is 9.